The van der Waals surface area contributed by atoms with Crippen molar-refractivity contribution in [2.24, 2.45) is 0 Å². The molecule has 2 saturated heterocycles. The summed E-state index contributed by atoms with van der Waals surface area (Å²) >= 11 is 0. The van der Waals surface area contributed by atoms with E-state index in [9.17, 15) is 40.5 Å². The predicted octanol–water partition coefficient (Wildman–Crippen LogP) is -2.56. The number of aliphatic hydroxyl groups excluding tert-OH is 7. The minimum absolute atomic E-state index is 0.227. The Bertz CT molecular complexity index is 1560. The Morgan fingerprint density at radius 2 is 1.50 bits per heavy atom. The molecule has 0 saturated carbocycles. The van der Waals surface area contributed by atoms with Gasteiger partial charge in [0.25, 0.3) is 5.56 Å². The summed E-state index contributed by atoms with van der Waals surface area (Å²) in [6.07, 6.45) is -14.3. The first-order chi connectivity index (χ1) is 19.2. The van der Waals surface area contributed by atoms with Crippen LogP contribution in [0.5, 0.6) is 5.75 Å². The molecule has 0 amide bonds. The highest BCUT2D eigenvalue weighted by molar-refractivity contribution is 6.12. The molecule has 214 valence electrons. The quantitative estimate of drug-likeness (QED) is 0.129. The van der Waals surface area contributed by atoms with Gasteiger partial charge in [0.2, 0.25) is 6.29 Å². The molecule has 2 aliphatic heterocycles. The number of para-hydroxylation sites is 1. The molecule has 7 N–H and O–H groups in total. The van der Waals surface area contributed by atoms with E-state index in [1.165, 1.54) is 10.5 Å². The number of ether oxygens (including phenoxy) is 4. The number of aliphatic hydroxyl groups is 7. The van der Waals surface area contributed by atoms with Crippen LogP contribution < -0.4 is 10.3 Å². The standard InChI is InChI=1S/C26H28N2O12/c29-8-15-18(30)20(32)22(34)25(39-15)37-9-16-19(31)21(33)23(35)26(40-16)38-14-7-12-17-11(5-6-27-12)10-3-1-2-4-13(10)28(17)24(14)36/h1-7,15-16,18-23,25-26,29-35H,8-9H2/t15-,16-,18-,19-,20+,21+,22-,23-,25-,26-/m1/s1. The lowest BCUT2D eigenvalue weighted by Gasteiger charge is -2.42. The van der Waals surface area contributed by atoms with Crippen LogP contribution in [0.25, 0.3) is 27.3 Å². The monoisotopic (exact) mass is 560 g/mol. The third-order valence-electron chi connectivity index (χ3n) is 7.48. The fourth-order valence-corrected chi connectivity index (χ4v) is 5.31. The Hall–Kier alpha value is -3.02. The molecule has 4 aromatic rings. The molecule has 6 rings (SSSR count). The molecule has 0 radical (unpaired) electrons. The first kappa shape index (κ1) is 27.2. The summed E-state index contributed by atoms with van der Waals surface area (Å²) in [5.41, 5.74) is 1.10. The van der Waals surface area contributed by atoms with Gasteiger partial charge in [0, 0.05) is 23.0 Å². The van der Waals surface area contributed by atoms with E-state index >= 15 is 0 Å². The van der Waals surface area contributed by atoms with E-state index in [1.54, 1.807) is 24.4 Å². The zero-order valence-corrected chi connectivity index (χ0v) is 20.8. The number of benzene rings is 1. The van der Waals surface area contributed by atoms with Crippen molar-refractivity contribution in [3.05, 3.63) is 52.9 Å². The van der Waals surface area contributed by atoms with E-state index in [4.69, 9.17) is 18.9 Å². The molecule has 5 heterocycles. The van der Waals surface area contributed by atoms with Gasteiger partial charge in [-0.15, -0.1) is 0 Å². The predicted molar refractivity (Wildman–Crippen MR) is 135 cm³/mol. The number of hydrogen-bond donors (Lipinski definition) is 7. The molecule has 14 heteroatoms. The maximum absolute atomic E-state index is 13.5. The lowest BCUT2D eigenvalue weighted by molar-refractivity contribution is -0.323. The van der Waals surface area contributed by atoms with Gasteiger partial charge >= 0.3 is 0 Å². The summed E-state index contributed by atoms with van der Waals surface area (Å²) in [6.45, 7) is -1.20. The molecule has 10 atom stereocenters. The minimum Gasteiger partial charge on any atom is -0.456 e. The number of aromatic nitrogens is 2. The second kappa shape index (κ2) is 10.4. The summed E-state index contributed by atoms with van der Waals surface area (Å²) in [6, 6.07) is 10.5. The van der Waals surface area contributed by atoms with Gasteiger partial charge in [-0.25, -0.2) is 0 Å². The van der Waals surface area contributed by atoms with Crippen molar-refractivity contribution in [3.63, 3.8) is 0 Å². The zero-order valence-electron chi connectivity index (χ0n) is 20.8. The molecular formula is C26H28N2O12. The lowest BCUT2D eigenvalue weighted by atomic mass is 9.98. The maximum atomic E-state index is 13.5. The molecule has 0 unspecified atom stereocenters. The molecule has 0 bridgehead atoms. The Labute approximate surface area is 225 Å². The number of hydrogen-bond acceptors (Lipinski definition) is 13. The summed E-state index contributed by atoms with van der Waals surface area (Å²) in [7, 11) is 0. The Morgan fingerprint density at radius 3 is 2.25 bits per heavy atom. The molecule has 3 aromatic heterocycles. The molecule has 0 spiro atoms. The largest absolute Gasteiger partial charge is 0.456 e. The van der Waals surface area contributed by atoms with E-state index in [0.717, 1.165) is 10.8 Å². The van der Waals surface area contributed by atoms with Gasteiger partial charge in [0.1, 0.15) is 48.8 Å². The van der Waals surface area contributed by atoms with Crippen molar-refractivity contribution < 1.29 is 54.7 Å². The van der Waals surface area contributed by atoms with Gasteiger partial charge in [-0.2, -0.15) is 0 Å². The number of rotatable bonds is 6. The number of nitrogens with zero attached hydrogens (tertiary/aromatic N) is 2. The van der Waals surface area contributed by atoms with Crippen LogP contribution in [0.15, 0.2) is 47.4 Å². The summed E-state index contributed by atoms with van der Waals surface area (Å²) < 4.78 is 23.6. The van der Waals surface area contributed by atoms with Gasteiger partial charge < -0.3 is 54.7 Å². The van der Waals surface area contributed by atoms with E-state index in [2.05, 4.69) is 4.98 Å². The third-order valence-corrected chi connectivity index (χ3v) is 7.48. The van der Waals surface area contributed by atoms with Crippen LogP contribution in [0.3, 0.4) is 0 Å². The van der Waals surface area contributed by atoms with Crippen LogP contribution in [-0.2, 0) is 14.2 Å². The van der Waals surface area contributed by atoms with Crippen LogP contribution in [0, 0.1) is 0 Å². The van der Waals surface area contributed by atoms with E-state index in [1.807, 2.05) is 12.1 Å². The topological polar surface area (TPSA) is 213 Å². The molecule has 1 aromatic carbocycles. The molecule has 2 aliphatic rings. The normalized spacial score (nSPS) is 35.1. The molecule has 2 fully saturated rings. The molecular weight excluding hydrogens is 532 g/mol. The Balaban J connectivity index is 1.26. The highest BCUT2D eigenvalue weighted by Gasteiger charge is 2.48. The molecule has 0 aliphatic carbocycles. The Morgan fingerprint density at radius 1 is 0.825 bits per heavy atom. The summed E-state index contributed by atoms with van der Waals surface area (Å²) in [4.78, 5) is 17.9. The summed E-state index contributed by atoms with van der Waals surface area (Å²) in [5.74, 6) is -0.227. The fourth-order valence-electron chi connectivity index (χ4n) is 5.31. The van der Waals surface area contributed by atoms with E-state index in [0.29, 0.717) is 16.6 Å². The average molecular weight is 561 g/mol. The van der Waals surface area contributed by atoms with E-state index in [-0.39, 0.29) is 5.75 Å². The summed E-state index contributed by atoms with van der Waals surface area (Å²) in [5, 5.41) is 72.7. The second-order valence-corrected chi connectivity index (χ2v) is 9.92. The van der Waals surface area contributed by atoms with Gasteiger partial charge in [0.15, 0.2) is 12.0 Å². The highest BCUT2D eigenvalue weighted by Crippen LogP contribution is 2.32. The van der Waals surface area contributed by atoms with Crippen molar-refractivity contribution in [3.8, 4) is 5.75 Å². The van der Waals surface area contributed by atoms with E-state index < -0.39 is 80.2 Å². The zero-order chi connectivity index (χ0) is 28.3. The van der Waals surface area contributed by atoms with Crippen molar-refractivity contribution in [2.75, 3.05) is 13.2 Å². The van der Waals surface area contributed by atoms with Crippen molar-refractivity contribution in [2.45, 2.75) is 61.4 Å². The minimum atomic E-state index is -1.77. The first-order valence-corrected chi connectivity index (χ1v) is 12.6. The van der Waals surface area contributed by atoms with Crippen LogP contribution in [0.4, 0.5) is 0 Å². The van der Waals surface area contributed by atoms with Gasteiger partial charge in [-0.1, -0.05) is 18.2 Å². The maximum Gasteiger partial charge on any atom is 0.298 e. The number of pyridine rings is 2. The average Bonchev–Trinajstić information content (AvgIpc) is 3.31. The van der Waals surface area contributed by atoms with Gasteiger partial charge in [0.05, 0.1) is 29.8 Å². The lowest BCUT2D eigenvalue weighted by Crippen LogP contribution is -2.62. The molecule has 40 heavy (non-hydrogen) atoms. The highest BCUT2D eigenvalue weighted by atomic mass is 16.7. The SMILES string of the molecule is O=c1c(O[C@@H]2O[C@H](CO[C@@H]3O[C@H](CO)[C@@H](O)[C@H](O)[C@H]3O)[C@@H](O)[C@H](O)[C@H]2O)cc2nccc3c4ccccc4n1c23. The smallest absolute Gasteiger partial charge is 0.298 e. The first-order valence-electron chi connectivity index (χ1n) is 12.6. The van der Waals surface area contributed by atoms with Gasteiger partial charge in [-0.3, -0.25) is 14.2 Å². The Kier molecular flexibility index (Phi) is 7.08. The van der Waals surface area contributed by atoms with Crippen molar-refractivity contribution in [1.82, 2.24) is 9.38 Å². The van der Waals surface area contributed by atoms with Crippen LogP contribution >= 0.6 is 0 Å². The third kappa shape index (κ3) is 4.29. The van der Waals surface area contributed by atoms with Crippen LogP contribution in [-0.4, -0.2) is 120 Å². The van der Waals surface area contributed by atoms with Crippen molar-refractivity contribution in [1.29, 1.82) is 0 Å². The second-order valence-electron chi connectivity index (χ2n) is 9.92. The van der Waals surface area contributed by atoms with Crippen molar-refractivity contribution >= 4 is 27.3 Å². The van der Waals surface area contributed by atoms with Crippen LogP contribution in [0.1, 0.15) is 0 Å². The molecule has 14 nitrogen and oxygen atoms in total. The fraction of sp³-hybridized carbons (Fsp3) is 0.462. The number of fused-ring (bicyclic) bond motifs is 3. The van der Waals surface area contributed by atoms with Crippen LogP contribution in [0.2, 0.25) is 0 Å². The van der Waals surface area contributed by atoms with Gasteiger partial charge in [-0.05, 0) is 12.1 Å².